The first-order valence-electron chi connectivity index (χ1n) is 16.4. The van der Waals surface area contributed by atoms with Gasteiger partial charge in [0.05, 0.1) is 23.6 Å². The number of likely N-dealkylation sites (tertiary alicyclic amines) is 1. The Labute approximate surface area is 289 Å². The Kier molecular flexibility index (Phi) is 10.8. The monoisotopic (exact) mass is 676 g/mol. The Morgan fingerprint density at radius 1 is 1.10 bits per heavy atom. The van der Waals surface area contributed by atoms with Gasteiger partial charge < -0.3 is 35.5 Å². The summed E-state index contributed by atoms with van der Waals surface area (Å²) >= 11 is 0.940. The number of aromatic amines is 1. The molecular formula is C39H40N4O5S. The number of benzene rings is 4. The van der Waals surface area contributed by atoms with Crippen molar-refractivity contribution in [2.24, 2.45) is 0 Å². The van der Waals surface area contributed by atoms with Crippen LogP contribution in [0.5, 0.6) is 11.5 Å². The molecule has 1 amide bonds. The molecule has 10 heteroatoms. The van der Waals surface area contributed by atoms with Gasteiger partial charge >= 0.3 is 4.87 Å². The number of nitrogens with one attached hydrogen (secondary N) is 3. The van der Waals surface area contributed by atoms with Crippen LogP contribution >= 0.6 is 11.3 Å². The molecule has 1 fully saturated rings. The van der Waals surface area contributed by atoms with Crippen LogP contribution in [0.25, 0.3) is 21.3 Å². The van der Waals surface area contributed by atoms with Crippen LogP contribution in [0.15, 0.2) is 83.7 Å². The highest BCUT2D eigenvalue weighted by molar-refractivity contribution is 7.16. The van der Waals surface area contributed by atoms with E-state index in [-0.39, 0.29) is 23.1 Å². The van der Waals surface area contributed by atoms with E-state index in [1.165, 1.54) is 22.8 Å². The van der Waals surface area contributed by atoms with Crippen LogP contribution in [0.3, 0.4) is 0 Å². The van der Waals surface area contributed by atoms with Gasteiger partial charge in [-0.1, -0.05) is 77.9 Å². The minimum absolute atomic E-state index is 0.0442. The number of hydrogen-bond acceptors (Lipinski definition) is 8. The van der Waals surface area contributed by atoms with Crippen molar-refractivity contribution in [1.82, 2.24) is 15.2 Å². The number of phenolic OH excluding ortho intramolecular Hbond substituents is 1. The topological polar surface area (TPSA) is 127 Å². The number of aliphatic hydroxyl groups excluding tert-OH is 1. The molecule has 0 bridgehead atoms. The fraction of sp³-hybridized carbons (Fsp3) is 0.282. The molecule has 0 unspecified atom stereocenters. The molecule has 1 saturated heterocycles. The number of nitrogens with zero attached hydrogens (tertiary/aromatic N) is 1. The smallest absolute Gasteiger partial charge is 0.305 e. The van der Waals surface area contributed by atoms with Gasteiger partial charge in [0.25, 0.3) is 0 Å². The van der Waals surface area contributed by atoms with Crippen LogP contribution in [-0.2, 0) is 11.3 Å². The quantitative estimate of drug-likeness (QED) is 0.103. The number of carbonyl (C=O) groups is 1. The van der Waals surface area contributed by atoms with Gasteiger partial charge in [-0.2, -0.15) is 0 Å². The number of terminal acetylenes is 1. The van der Waals surface area contributed by atoms with Crippen molar-refractivity contribution >= 4 is 33.1 Å². The standard InChI is InChI=1S/C39H40N4O5S/c1-3-25-21-28(23-40-24-34(45)31-13-14-33(44)37-38(31)49-39(47)42-37)35(48-2)22-32(25)41-36(46)17-20-43-18-15-27(16-19-43)30-12-8-7-11-29(30)26-9-5-4-6-10-26/h1,4-14,21-22,27,34,40,44-45H,15-20,23-24H2,2H3,(H,41,46)(H,42,47)/t34-/m0/s1. The first kappa shape index (κ1) is 34.0. The predicted octanol–water partition coefficient (Wildman–Crippen LogP) is 5.98. The number of aliphatic hydroxyl groups is 1. The third-order valence-electron chi connectivity index (χ3n) is 9.18. The second-order valence-corrected chi connectivity index (χ2v) is 13.2. The van der Waals surface area contributed by atoms with E-state index in [2.05, 4.69) is 75.0 Å². The summed E-state index contributed by atoms with van der Waals surface area (Å²) in [5, 5.41) is 27.1. The van der Waals surface area contributed by atoms with Crippen molar-refractivity contribution < 1.29 is 19.7 Å². The lowest BCUT2D eigenvalue weighted by Gasteiger charge is -2.33. The molecule has 4 aromatic carbocycles. The van der Waals surface area contributed by atoms with Gasteiger partial charge in [0.15, 0.2) is 0 Å². The van der Waals surface area contributed by atoms with E-state index in [1.807, 2.05) is 6.07 Å². The summed E-state index contributed by atoms with van der Waals surface area (Å²) in [6.07, 6.45) is 7.36. The largest absolute Gasteiger partial charge is 0.506 e. The fourth-order valence-electron chi connectivity index (χ4n) is 6.60. The normalized spacial score (nSPS) is 14.4. The van der Waals surface area contributed by atoms with Crippen LogP contribution < -0.4 is 20.2 Å². The van der Waals surface area contributed by atoms with Crippen LogP contribution in [0.1, 0.15) is 53.5 Å². The Balaban J connectivity index is 1.02. The first-order valence-corrected chi connectivity index (χ1v) is 17.2. The number of aromatic nitrogens is 1. The highest BCUT2D eigenvalue weighted by atomic mass is 32.1. The number of phenols is 1. The number of H-pyrrole nitrogens is 1. The SMILES string of the molecule is C#Cc1cc(CNC[C@H](O)c2ccc(O)c3[nH]c(=O)sc23)c(OC)cc1NC(=O)CCN1CCC(c2ccccc2-c2ccccc2)CC1. The molecule has 5 aromatic rings. The van der Waals surface area contributed by atoms with Crippen LogP contribution in [0.2, 0.25) is 0 Å². The molecule has 0 spiro atoms. The number of rotatable bonds is 12. The molecule has 0 saturated carbocycles. The zero-order chi connectivity index (χ0) is 34.3. The van der Waals surface area contributed by atoms with Gasteiger partial charge in [-0.25, -0.2) is 0 Å². The lowest BCUT2D eigenvalue weighted by atomic mass is 9.84. The highest BCUT2D eigenvalue weighted by Gasteiger charge is 2.23. The molecule has 9 nitrogen and oxygen atoms in total. The second kappa shape index (κ2) is 15.5. The van der Waals surface area contributed by atoms with Crippen molar-refractivity contribution in [3.63, 3.8) is 0 Å². The van der Waals surface area contributed by atoms with E-state index in [4.69, 9.17) is 11.2 Å². The average molecular weight is 677 g/mol. The maximum absolute atomic E-state index is 13.1. The van der Waals surface area contributed by atoms with E-state index in [1.54, 1.807) is 25.3 Å². The Morgan fingerprint density at radius 2 is 1.86 bits per heavy atom. The van der Waals surface area contributed by atoms with E-state index in [0.717, 1.165) is 42.8 Å². The zero-order valence-corrected chi connectivity index (χ0v) is 28.2. The molecule has 252 valence electrons. The third-order valence-corrected chi connectivity index (χ3v) is 10.1. The molecule has 1 aromatic heterocycles. The van der Waals surface area contributed by atoms with Crippen molar-refractivity contribution in [1.29, 1.82) is 0 Å². The van der Waals surface area contributed by atoms with Crippen LogP contribution in [0, 0.1) is 12.3 Å². The highest BCUT2D eigenvalue weighted by Crippen LogP contribution is 2.36. The molecule has 1 atom stereocenters. The van der Waals surface area contributed by atoms with E-state index < -0.39 is 6.10 Å². The molecular weight excluding hydrogens is 637 g/mol. The Hall–Kier alpha value is -4.92. The summed E-state index contributed by atoms with van der Waals surface area (Å²) in [4.78, 5) is 29.6. The number of methoxy groups -OCH3 is 1. The van der Waals surface area contributed by atoms with Crippen molar-refractivity contribution in [3.05, 3.63) is 111 Å². The lowest BCUT2D eigenvalue weighted by Crippen LogP contribution is -2.35. The van der Waals surface area contributed by atoms with Crippen LogP contribution in [-0.4, -0.2) is 59.3 Å². The summed E-state index contributed by atoms with van der Waals surface area (Å²) in [5.74, 6) is 3.55. The molecule has 2 heterocycles. The lowest BCUT2D eigenvalue weighted by molar-refractivity contribution is -0.116. The Bertz CT molecular complexity index is 2030. The predicted molar refractivity (Wildman–Crippen MR) is 195 cm³/mol. The van der Waals surface area contributed by atoms with Gasteiger partial charge in [0.2, 0.25) is 5.91 Å². The summed E-state index contributed by atoms with van der Waals surface area (Å²) < 4.78 is 6.14. The molecule has 1 aliphatic rings. The number of aromatic hydroxyl groups is 1. The minimum Gasteiger partial charge on any atom is -0.506 e. The third kappa shape index (κ3) is 7.88. The van der Waals surface area contributed by atoms with Gasteiger partial charge in [-0.15, -0.1) is 6.42 Å². The number of thiazole rings is 1. The minimum atomic E-state index is -0.929. The van der Waals surface area contributed by atoms with E-state index in [9.17, 15) is 19.8 Å². The van der Waals surface area contributed by atoms with E-state index >= 15 is 0 Å². The molecule has 0 aliphatic carbocycles. The number of amides is 1. The molecule has 5 N–H and O–H groups in total. The summed E-state index contributed by atoms with van der Waals surface area (Å²) in [7, 11) is 1.55. The summed E-state index contributed by atoms with van der Waals surface area (Å²) in [6.45, 7) is 3.04. The van der Waals surface area contributed by atoms with Crippen molar-refractivity contribution in [2.75, 3.05) is 38.6 Å². The number of hydrogen-bond donors (Lipinski definition) is 5. The maximum Gasteiger partial charge on any atom is 0.305 e. The molecule has 0 radical (unpaired) electrons. The average Bonchev–Trinajstić information content (AvgIpc) is 3.53. The fourth-order valence-corrected chi connectivity index (χ4v) is 7.52. The van der Waals surface area contributed by atoms with Gasteiger partial charge in [-0.05, 0) is 60.7 Å². The van der Waals surface area contributed by atoms with Crippen LogP contribution in [0.4, 0.5) is 5.69 Å². The maximum atomic E-state index is 13.1. The Morgan fingerprint density at radius 3 is 2.61 bits per heavy atom. The van der Waals surface area contributed by atoms with Crippen molar-refractivity contribution in [2.45, 2.75) is 37.8 Å². The number of piperidine rings is 1. The van der Waals surface area contributed by atoms with Gasteiger partial charge in [0.1, 0.15) is 17.0 Å². The molecule has 1 aliphatic heterocycles. The number of fused-ring (bicyclic) bond motifs is 1. The number of ether oxygens (including phenoxy) is 1. The molecule has 49 heavy (non-hydrogen) atoms. The summed E-state index contributed by atoms with van der Waals surface area (Å²) in [5.41, 5.74) is 6.59. The summed E-state index contributed by atoms with van der Waals surface area (Å²) in [6, 6.07) is 25.8. The van der Waals surface area contributed by atoms with Gasteiger partial charge in [0, 0.05) is 48.8 Å². The first-order chi connectivity index (χ1) is 23.8. The molecule has 6 rings (SSSR count). The van der Waals surface area contributed by atoms with Gasteiger partial charge in [-0.3, -0.25) is 9.59 Å². The number of carbonyl (C=O) groups excluding carboxylic acids is 1. The second-order valence-electron chi connectivity index (χ2n) is 12.3. The number of anilines is 1. The zero-order valence-electron chi connectivity index (χ0n) is 27.4. The van der Waals surface area contributed by atoms with E-state index in [0.29, 0.717) is 58.2 Å². The van der Waals surface area contributed by atoms with Crippen molar-refractivity contribution in [3.8, 4) is 35.0 Å².